The second-order valence-electron chi connectivity index (χ2n) is 6.23. The molecule has 3 rings (SSSR count). The van der Waals surface area contributed by atoms with Crippen molar-refractivity contribution in [2.45, 2.75) is 24.9 Å². The summed E-state index contributed by atoms with van der Waals surface area (Å²) in [5.41, 5.74) is 6.60. The first kappa shape index (κ1) is 16.4. The zero-order chi connectivity index (χ0) is 16.9. The highest BCUT2D eigenvalue weighted by Crippen LogP contribution is 2.26. The van der Waals surface area contributed by atoms with E-state index in [1.54, 1.807) is 6.20 Å². The molecule has 6 heteroatoms. The third-order valence-corrected chi connectivity index (χ3v) is 4.55. The molecule has 2 N–H and O–H groups in total. The van der Waals surface area contributed by atoms with Crippen molar-refractivity contribution in [3.8, 4) is 0 Å². The molecular formula is C18H23N5O. The van der Waals surface area contributed by atoms with Crippen molar-refractivity contribution in [3.63, 3.8) is 0 Å². The maximum atomic E-state index is 12.0. The van der Waals surface area contributed by atoms with Gasteiger partial charge in [0.05, 0.1) is 0 Å². The van der Waals surface area contributed by atoms with Gasteiger partial charge in [-0.3, -0.25) is 9.69 Å². The lowest BCUT2D eigenvalue weighted by Gasteiger charge is -2.32. The van der Waals surface area contributed by atoms with Crippen LogP contribution in [0.4, 0.5) is 5.82 Å². The van der Waals surface area contributed by atoms with E-state index in [0.717, 1.165) is 37.3 Å². The molecule has 24 heavy (non-hydrogen) atoms. The van der Waals surface area contributed by atoms with Gasteiger partial charge < -0.3 is 10.6 Å². The smallest absolute Gasteiger partial charge is 0.239 e. The molecule has 1 aromatic heterocycles. The van der Waals surface area contributed by atoms with E-state index in [0.29, 0.717) is 6.04 Å². The van der Waals surface area contributed by atoms with Crippen molar-refractivity contribution in [2.24, 2.45) is 5.73 Å². The molecule has 1 fully saturated rings. The fourth-order valence-corrected chi connectivity index (χ4v) is 3.48. The monoisotopic (exact) mass is 325 g/mol. The van der Waals surface area contributed by atoms with Gasteiger partial charge >= 0.3 is 0 Å². The van der Waals surface area contributed by atoms with Crippen molar-refractivity contribution in [3.05, 3.63) is 54.2 Å². The van der Waals surface area contributed by atoms with E-state index in [1.165, 1.54) is 0 Å². The van der Waals surface area contributed by atoms with Crippen LogP contribution in [0.15, 0.2) is 48.7 Å². The Morgan fingerprint density at radius 2 is 2.12 bits per heavy atom. The molecule has 2 aromatic rings. The number of hydrogen-bond donors (Lipinski definition) is 1. The number of aromatic nitrogens is 2. The molecule has 0 saturated carbocycles. The molecule has 0 spiro atoms. The average Bonchev–Trinajstić information content (AvgIpc) is 3.04. The van der Waals surface area contributed by atoms with E-state index in [1.807, 2.05) is 54.4 Å². The highest BCUT2D eigenvalue weighted by molar-refractivity contribution is 5.81. The van der Waals surface area contributed by atoms with Gasteiger partial charge in [0.2, 0.25) is 5.91 Å². The number of carbonyl (C=O) groups is 1. The molecule has 1 aromatic carbocycles. The predicted molar refractivity (Wildman–Crippen MR) is 93.4 cm³/mol. The number of primary amides is 1. The fourth-order valence-electron chi connectivity index (χ4n) is 3.48. The third-order valence-electron chi connectivity index (χ3n) is 4.55. The first-order chi connectivity index (χ1) is 11.7. The highest BCUT2D eigenvalue weighted by Gasteiger charge is 2.30. The Balaban J connectivity index is 1.75. The molecule has 0 unspecified atom stereocenters. The lowest BCUT2D eigenvalue weighted by atomic mass is 10.0. The van der Waals surface area contributed by atoms with Gasteiger partial charge in [0, 0.05) is 25.3 Å². The van der Waals surface area contributed by atoms with E-state index < -0.39 is 6.04 Å². The zero-order valence-corrected chi connectivity index (χ0v) is 13.9. The van der Waals surface area contributed by atoms with Gasteiger partial charge in [-0.1, -0.05) is 30.3 Å². The van der Waals surface area contributed by atoms with E-state index >= 15 is 0 Å². The normalized spacial score (nSPS) is 18.8. The van der Waals surface area contributed by atoms with E-state index in [-0.39, 0.29) is 5.91 Å². The van der Waals surface area contributed by atoms with Gasteiger partial charge in [-0.15, -0.1) is 5.10 Å². The summed E-state index contributed by atoms with van der Waals surface area (Å²) < 4.78 is 0. The zero-order valence-electron chi connectivity index (χ0n) is 13.9. The lowest BCUT2D eigenvalue weighted by Crippen LogP contribution is -2.44. The first-order valence-corrected chi connectivity index (χ1v) is 8.25. The molecule has 6 nitrogen and oxygen atoms in total. The Kier molecular flexibility index (Phi) is 5.05. The summed E-state index contributed by atoms with van der Waals surface area (Å²) in [6.45, 7) is 1.71. The van der Waals surface area contributed by atoms with Crippen molar-refractivity contribution in [2.75, 3.05) is 25.0 Å². The quantitative estimate of drug-likeness (QED) is 0.873. The van der Waals surface area contributed by atoms with Crippen LogP contribution in [-0.2, 0) is 4.79 Å². The van der Waals surface area contributed by atoms with Crippen molar-refractivity contribution >= 4 is 11.7 Å². The summed E-state index contributed by atoms with van der Waals surface area (Å²) >= 11 is 0. The van der Waals surface area contributed by atoms with Crippen LogP contribution in [-0.4, -0.2) is 47.2 Å². The number of amides is 1. The van der Waals surface area contributed by atoms with Crippen molar-refractivity contribution in [1.82, 2.24) is 15.1 Å². The van der Waals surface area contributed by atoms with Crippen LogP contribution < -0.4 is 10.6 Å². The molecule has 1 aliphatic heterocycles. The minimum Gasteiger partial charge on any atom is -0.368 e. The molecule has 1 amide bonds. The number of nitrogens with two attached hydrogens (primary N) is 1. The van der Waals surface area contributed by atoms with Gasteiger partial charge in [-0.25, -0.2) is 0 Å². The molecule has 126 valence electrons. The SMILES string of the molecule is CN(C[C@@H]1CCCN1c1cccnn1)[C@H](C(N)=O)c1ccccc1. The Hall–Kier alpha value is -2.47. The number of likely N-dealkylation sites (N-methyl/N-ethyl adjacent to an activating group) is 1. The molecule has 1 saturated heterocycles. The summed E-state index contributed by atoms with van der Waals surface area (Å²) in [4.78, 5) is 16.3. The second-order valence-corrected chi connectivity index (χ2v) is 6.23. The third kappa shape index (κ3) is 3.54. The predicted octanol–water partition coefficient (Wildman–Crippen LogP) is 1.60. The average molecular weight is 325 g/mol. The van der Waals surface area contributed by atoms with Crippen molar-refractivity contribution in [1.29, 1.82) is 0 Å². The summed E-state index contributed by atoms with van der Waals surface area (Å²) in [7, 11) is 1.95. The van der Waals surface area contributed by atoms with Gasteiger partial charge in [0.1, 0.15) is 6.04 Å². The van der Waals surface area contributed by atoms with Gasteiger partial charge in [0.15, 0.2) is 5.82 Å². The largest absolute Gasteiger partial charge is 0.368 e. The number of hydrogen-bond acceptors (Lipinski definition) is 5. The fraction of sp³-hybridized carbons (Fsp3) is 0.389. The van der Waals surface area contributed by atoms with E-state index in [2.05, 4.69) is 15.1 Å². The lowest BCUT2D eigenvalue weighted by molar-refractivity contribution is -0.123. The molecular weight excluding hydrogens is 302 g/mol. The maximum Gasteiger partial charge on any atom is 0.239 e. The highest BCUT2D eigenvalue weighted by atomic mass is 16.1. The Labute approximate surface area is 142 Å². The Morgan fingerprint density at radius 3 is 2.79 bits per heavy atom. The summed E-state index contributed by atoms with van der Waals surface area (Å²) in [6.07, 6.45) is 3.86. The Morgan fingerprint density at radius 1 is 1.33 bits per heavy atom. The number of rotatable bonds is 6. The van der Waals surface area contributed by atoms with Crippen molar-refractivity contribution < 1.29 is 4.79 Å². The van der Waals surface area contributed by atoms with E-state index in [4.69, 9.17) is 5.73 Å². The molecule has 1 aliphatic rings. The number of nitrogens with zero attached hydrogens (tertiary/aromatic N) is 4. The van der Waals surface area contributed by atoms with Crippen LogP contribution in [0.5, 0.6) is 0 Å². The second kappa shape index (κ2) is 7.40. The Bertz CT molecular complexity index is 664. The molecule has 0 radical (unpaired) electrons. The number of anilines is 1. The first-order valence-electron chi connectivity index (χ1n) is 8.25. The van der Waals surface area contributed by atoms with Gasteiger partial charge in [-0.2, -0.15) is 5.10 Å². The molecule has 0 bridgehead atoms. The van der Waals surface area contributed by atoms with Crippen LogP contribution in [0, 0.1) is 0 Å². The van der Waals surface area contributed by atoms with Crippen LogP contribution >= 0.6 is 0 Å². The van der Waals surface area contributed by atoms with Crippen LogP contribution in [0.2, 0.25) is 0 Å². The molecule has 2 atom stereocenters. The van der Waals surface area contributed by atoms with Crippen LogP contribution in [0.25, 0.3) is 0 Å². The van der Waals surface area contributed by atoms with Gasteiger partial charge in [-0.05, 0) is 37.6 Å². The summed E-state index contributed by atoms with van der Waals surface area (Å²) in [5.74, 6) is 0.566. The summed E-state index contributed by atoms with van der Waals surface area (Å²) in [5, 5.41) is 8.20. The summed E-state index contributed by atoms with van der Waals surface area (Å²) in [6, 6.07) is 13.5. The topological polar surface area (TPSA) is 75.3 Å². The minimum absolute atomic E-state index is 0.303. The maximum absolute atomic E-state index is 12.0. The van der Waals surface area contributed by atoms with E-state index in [9.17, 15) is 4.79 Å². The number of benzene rings is 1. The number of carbonyl (C=O) groups excluding carboxylic acids is 1. The standard InChI is InChI=1S/C18H23N5O/c1-22(17(18(19)24)14-7-3-2-4-8-14)13-15-9-6-12-23(15)16-10-5-11-20-21-16/h2-5,7-8,10-11,15,17H,6,9,12-13H2,1H3,(H2,19,24)/t15-,17-/m0/s1. The van der Waals surface area contributed by atoms with Crippen LogP contribution in [0.3, 0.4) is 0 Å². The van der Waals surface area contributed by atoms with Crippen LogP contribution in [0.1, 0.15) is 24.4 Å². The molecule has 0 aliphatic carbocycles. The van der Waals surface area contributed by atoms with Gasteiger partial charge in [0.25, 0.3) is 0 Å². The molecule has 2 heterocycles. The minimum atomic E-state index is -0.421.